The molecule has 0 spiro atoms. The zero-order valence-corrected chi connectivity index (χ0v) is 17.2. The van der Waals surface area contributed by atoms with Crippen LogP contribution in [0.25, 0.3) is 10.8 Å². The van der Waals surface area contributed by atoms with Crippen molar-refractivity contribution in [2.75, 3.05) is 5.32 Å². The lowest BCUT2D eigenvalue weighted by molar-refractivity contribution is 0.627. The Kier molecular flexibility index (Phi) is 4.11. The monoisotopic (exact) mass is 432 g/mol. The van der Waals surface area contributed by atoms with E-state index >= 15 is 0 Å². The van der Waals surface area contributed by atoms with Crippen molar-refractivity contribution in [2.45, 2.75) is 15.2 Å². The van der Waals surface area contributed by atoms with E-state index in [4.69, 9.17) is 4.99 Å². The third kappa shape index (κ3) is 2.90. The van der Waals surface area contributed by atoms with E-state index in [0.717, 1.165) is 37.8 Å². The van der Waals surface area contributed by atoms with Gasteiger partial charge in [0.05, 0.1) is 5.69 Å². The zero-order valence-electron chi connectivity index (χ0n) is 15.5. The molecule has 6 heteroatoms. The third-order valence-corrected chi connectivity index (χ3v) is 7.59. The number of hydrogen-bond acceptors (Lipinski definition) is 4. The summed E-state index contributed by atoms with van der Waals surface area (Å²) in [7, 11) is 0. The highest BCUT2D eigenvalue weighted by Gasteiger charge is 2.27. The minimum absolute atomic E-state index is 0.0203. The van der Waals surface area contributed by atoms with Crippen molar-refractivity contribution in [1.82, 2.24) is 0 Å². The van der Waals surface area contributed by atoms with Crippen LogP contribution < -0.4 is 5.32 Å². The Labute approximate surface area is 180 Å². The molecule has 0 saturated heterocycles. The molecule has 4 aromatic rings. The lowest BCUT2D eigenvalue weighted by atomic mass is 10.1. The van der Waals surface area contributed by atoms with Crippen LogP contribution in [0.4, 0.5) is 20.2 Å². The molecule has 0 aromatic heterocycles. The Morgan fingerprint density at radius 1 is 0.733 bits per heavy atom. The van der Waals surface area contributed by atoms with E-state index in [0.29, 0.717) is 0 Å². The molecule has 1 unspecified atom stereocenters. The molecule has 30 heavy (non-hydrogen) atoms. The fraction of sp³-hybridized carbons (Fsp3) is 0.0417. The van der Waals surface area contributed by atoms with Crippen LogP contribution in [0, 0.1) is 11.6 Å². The number of aliphatic imine (C=N–C) groups is 1. The number of hydrogen-bond donors (Lipinski definition) is 1. The number of nitrogens with zero attached hydrogens (tertiary/aromatic N) is 1. The molecule has 6 rings (SSSR count). The summed E-state index contributed by atoms with van der Waals surface area (Å²) in [4.78, 5) is 7.19. The normalized spacial score (nSPS) is 16.9. The maximum absolute atomic E-state index is 13.3. The second-order valence-electron chi connectivity index (χ2n) is 7.16. The van der Waals surface area contributed by atoms with Crippen LogP contribution in [0.1, 0.15) is 16.5 Å². The summed E-state index contributed by atoms with van der Waals surface area (Å²) in [6.45, 7) is 0. The summed E-state index contributed by atoms with van der Waals surface area (Å²) in [6.07, 6.45) is 0. The smallest absolute Gasteiger partial charge is 0.123 e. The van der Waals surface area contributed by atoms with Crippen LogP contribution in [0.5, 0.6) is 0 Å². The fourth-order valence-electron chi connectivity index (χ4n) is 3.85. The lowest BCUT2D eigenvalue weighted by Gasteiger charge is -2.29. The van der Waals surface area contributed by atoms with E-state index in [1.54, 1.807) is 35.7 Å². The quantitative estimate of drug-likeness (QED) is 0.354. The Balaban J connectivity index is 1.44. The number of anilines is 1. The minimum Gasteiger partial charge on any atom is -0.369 e. The molecular formula is C24H14F2N2S2. The number of benzene rings is 4. The third-order valence-electron chi connectivity index (χ3n) is 5.29. The summed E-state index contributed by atoms with van der Waals surface area (Å²) in [5.41, 5.74) is 3.92. The molecule has 0 amide bonds. The summed E-state index contributed by atoms with van der Waals surface area (Å²) in [5, 5.41) is 6.78. The van der Waals surface area contributed by atoms with Crippen LogP contribution in [-0.4, -0.2) is 5.04 Å². The molecule has 0 fully saturated rings. The maximum Gasteiger partial charge on any atom is 0.123 e. The Morgan fingerprint density at radius 2 is 1.43 bits per heavy atom. The van der Waals surface area contributed by atoms with Crippen LogP contribution >= 0.6 is 23.5 Å². The van der Waals surface area contributed by atoms with Gasteiger partial charge in [-0.05, 0) is 66.2 Å². The number of thioether (sulfide) groups is 2. The highest BCUT2D eigenvalue weighted by Crippen LogP contribution is 2.52. The van der Waals surface area contributed by atoms with Gasteiger partial charge in [-0.2, -0.15) is 0 Å². The van der Waals surface area contributed by atoms with Gasteiger partial charge in [-0.3, -0.25) is 0 Å². The topological polar surface area (TPSA) is 24.4 Å². The SMILES string of the molecule is Fc1ccc(C2=Nc3ccc4c5c(ccc(c35)S2)NC(c2ccc(F)cc2)S4)cc1. The second kappa shape index (κ2) is 6.86. The van der Waals surface area contributed by atoms with E-state index < -0.39 is 0 Å². The zero-order chi connectivity index (χ0) is 20.2. The highest BCUT2D eigenvalue weighted by molar-refractivity contribution is 8.14. The van der Waals surface area contributed by atoms with Crippen LogP contribution in [-0.2, 0) is 0 Å². The van der Waals surface area contributed by atoms with Crippen LogP contribution in [0.2, 0.25) is 0 Å². The van der Waals surface area contributed by atoms with Crippen molar-refractivity contribution < 1.29 is 8.78 Å². The molecule has 0 saturated carbocycles. The van der Waals surface area contributed by atoms with Crippen molar-refractivity contribution in [3.05, 3.63) is 95.6 Å². The predicted octanol–water partition coefficient (Wildman–Crippen LogP) is 7.52. The van der Waals surface area contributed by atoms with Crippen LogP contribution in [0.3, 0.4) is 0 Å². The van der Waals surface area contributed by atoms with E-state index in [-0.39, 0.29) is 17.0 Å². The molecule has 0 bridgehead atoms. The van der Waals surface area contributed by atoms with Gasteiger partial charge in [0.15, 0.2) is 0 Å². The molecule has 146 valence electrons. The number of rotatable bonds is 2. The average molecular weight is 433 g/mol. The van der Waals surface area contributed by atoms with Crippen molar-refractivity contribution in [2.24, 2.45) is 4.99 Å². The van der Waals surface area contributed by atoms with Crippen molar-refractivity contribution in [1.29, 1.82) is 0 Å². The van der Waals surface area contributed by atoms with E-state index in [1.165, 1.54) is 34.5 Å². The molecule has 4 aromatic carbocycles. The van der Waals surface area contributed by atoms with Gasteiger partial charge in [0.25, 0.3) is 0 Å². The molecule has 2 nitrogen and oxygen atoms in total. The lowest BCUT2D eigenvalue weighted by Crippen LogP contribution is -2.12. The number of halogens is 2. The van der Waals surface area contributed by atoms with E-state index in [9.17, 15) is 8.78 Å². The molecule has 0 radical (unpaired) electrons. The fourth-order valence-corrected chi connectivity index (χ4v) is 6.11. The summed E-state index contributed by atoms with van der Waals surface area (Å²) in [6, 6.07) is 21.5. The largest absolute Gasteiger partial charge is 0.369 e. The first-order valence-electron chi connectivity index (χ1n) is 9.46. The van der Waals surface area contributed by atoms with Gasteiger partial charge in [0.1, 0.15) is 22.1 Å². The Bertz CT molecular complexity index is 1320. The van der Waals surface area contributed by atoms with Gasteiger partial charge in [-0.1, -0.05) is 35.7 Å². The van der Waals surface area contributed by atoms with Crippen LogP contribution in [0.15, 0.2) is 87.6 Å². The van der Waals surface area contributed by atoms with Crippen molar-refractivity contribution in [3.8, 4) is 0 Å². The van der Waals surface area contributed by atoms with Crippen molar-refractivity contribution >= 4 is 50.7 Å². The van der Waals surface area contributed by atoms with Crippen molar-refractivity contribution in [3.63, 3.8) is 0 Å². The van der Waals surface area contributed by atoms with Gasteiger partial charge in [-0.15, -0.1) is 0 Å². The maximum atomic E-state index is 13.3. The first-order valence-corrected chi connectivity index (χ1v) is 11.2. The van der Waals surface area contributed by atoms with Gasteiger partial charge >= 0.3 is 0 Å². The molecule has 2 aliphatic rings. The minimum atomic E-state index is -0.252. The Morgan fingerprint density at radius 3 is 2.20 bits per heavy atom. The Hall–Kier alpha value is -2.83. The standard InChI is InChI=1S/C24H14F2N2S2/c25-15-5-1-13(2-6-15)23-27-17-9-12-20-22-18(10-11-19(29-23)21(17)22)28-24(30-20)14-3-7-16(26)8-4-14/h1-12,23,27H. The number of nitrogens with one attached hydrogen (secondary N) is 1. The first kappa shape index (κ1) is 18.0. The van der Waals surface area contributed by atoms with Gasteiger partial charge in [0.2, 0.25) is 0 Å². The molecule has 0 aliphatic carbocycles. The average Bonchev–Trinajstić information content (AvgIpc) is 2.78. The van der Waals surface area contributed by atoms with Gasteiger partial charge in [0, 0.05) is 31.8 Å². The summed E-state index contributed by atoms with van der Waals surface area (Å²) >= 11 is 3.33. The second-order valence-corrected chi connectivity index (χ2v) is 9.34. The first-order chi connectivity index (χ1) is 14.7. The van der Waals surface area contributed by atoms with Gasteiger partial charge in [-0.25, -0.2) is 13.8 Å². The molecule has 2 aliphatic heterocycles. The molecular weight excluding hydrogens is 418 g/mol. The highest BCUT2D eigenvalue weighted by atomic mass is 32.2. The summed E-state index contributed by atoms with van der Waals surface area (Å²) < 4.78 is 26.6. The van der Waals surface area contributed by atoms with Gasteiger partial charge < -0.3 is 5.32 Å². The van der Waals surface area contributed by atoms with E-state index in [2.05, 4.69) is 23.5 Å². The molecule has 1 atom stereocenters. The molecule has 2 heterocycles. The summed E-state index contributed by atoms with van der Waals surface area (Å²) in [5.74, 6) is -0.483. The predicted molar refractivity (Wildman–Crippen MR) is 121 cm³/mol. The molecule has 1 N–H and O–H groups in total. The van der Waals surface area contributed by atoms with E-state index in [1.807, 2.05) is 18.2 Å².